The highest BCUT2D eigenvalue weighted by molar-refractivity contribution is 7.99. The number of thioether (sulfide) groups is 1. The fraction of sp³-hybridized carbons (Fsp3) is 0.184. The van der Waals surface area contributed by atoms with E-state index >= 15 is 0 Å². The van der Waals surface area contributed by atoms with E-state index in [9.17, 15) is 19.8 Å². The summed E-state index contributed by atoms with van der Waals surface area (Å²) in [4.78, 5) is 29.1. The molecule has 0 saturated carbocycles. The number of aromatic nitrogens is 1. The summed E-state index contributed by atoms with van der Waals surface area (Å²) in [5.41, 5.74) is 6.41. The highest BCUT2D eigenvalue weighted by Crippen LogP contribution is 2.40. The van der Waals surface area contributed by atoms with Crippen molar-refractivity contribution < 1.29 is 29.3 Å². The van der Waals surface area contributed by atoms with Gasteiger partial charge in [-0.25, -0.2) is 4.79 Å². The van der Waals surface area contributed by atoms with Crippen LogP contribution in [0.25, 0.3) is 11.1 Å². The molecule has 47 heavy (non-hydrogen) atoms. The van der Waals surface area contributed by atoms with Crippen molar-refractivity contribution in [1.82, 2.24) is 10.3 Å². The molecule has 5 aromatic rings. The van der Waals surface area contributed by atoms with Gasteiger partial charge in [0.2, 0.25) is 0 Å². The number of nitrogens with one attached hydrogen (secondary N) is 1. The number of carboxylic acid groups (broad SMARTS) is 1. The number of aromatic carboxylic acids is 1. The van der Waals surface area contributed by atoms with E-state index in [1.807, 2.05) is 84.9 Å². The van der Waals surface area contributed by atoms with Gasteiger partial charge in [-0.3, -0.25) is 9.78 Å². The van der Waals surface area contributed by atoms with Crippen LogP contribution in [0.5, 0.6) is 0 Å². The smallest absolute Gasteiger partial charge is 0.336 e. The van der Waals surface area contributed by atoms with Crippen molar-refractivity contribution >= 4 is 23.6 Å². The molecular weight excluding hydrogens is 612 g/mol. The molecule has 0 radical (unpaired) electrons. The molecule has 4 aromatic carbocycles. The summed E-state index contributed by atoms with van der Waals surface area (Å²) in [5.74, 6) is -0.598. The molecule has 8 nitrogen and oxygen atoms in total. The number of benzene rings is 4. The number of carboxylic acids is 1. The van der Waals surface area contributed by atoms with Crippen molar-refractivity contribution in [1.29, 1.82) is 0 Å². The maximum absolute atomic E-state index is 12.6. The van der Waals surface area contributed by atoms with Gasteiger partial charge in [0.15, 0.2) is 6.29 Å². The van der Waals surface area contributed by atoms with Crippen LogP contribution in [0.3, 0.4) is 0 Å². The molecule has 1 aliphatic heterocycles. The first-order valence-corrected chi connectivity index (χ1v) is 16.3. The van der Waals surface area contributed by atoms with Gasteiger partial charge in [-0.2, -0.15) is 0 Å². The number of amides is 1. The van der Waals surface area contributed by atoms with Crippen molar-refractivity contribution in [3.63, 3.8) is 0 Å². The third-order valence-corrected chi connectivity index (χ3v) is 9.24. The van der Waals surface area contributed by atoms with Crippen molar-refractivity contribution in [2.45, 2.75) is 43.0 Å². The molecule has 1 saturated heterocycles. The molecular formula is C38H34N2O6S. The van der Waals surface area contributed by atoms with Gasteiger partial charge in [0.25, 0.3) is 5.91 Å². The van der Waals surface area contributed by atoms with E-state index in [2.05, 4.69) is 10.3 Å². The second kappa shape index (κ2) is 15.2. The van der Waals surface area contributed by atoms with Gasteiger partial charge in [0.05, 0.1) is 29.9 Å². The molecule has 9 heteroatoms. The lowest BCUT2D eigenvalue weighted by atomic mass is 9.97. The topological polar surface area (TPSA) is 118 Å². The average molecular weight is 647 g/mol. The standard InChI is InChI=1S/C38H34N2O6S/c41-23-25-11-13-27(14-12-25)34-20-31(24-47-35-10-4-3-9-33(35)37(43)44)45-38(46-34)28-17-15-26(16-18-28)32-8-2-1-6-29(32)22-40-36(42)30-7-5-19-39-21-30/h1-19,21,31,34,38,41H,20,22-24H2,(H,40,42)(H,43,44). The number of ether oxygens (including phenoxy) is 2. The molecule has 6 rings (SSSR count). The van der Waals surface area contributed by atoms with Gasteiger partial charge in [0, 0.05) is 41.6 Å². The van der Waals surface area contributed by atoms with Crippen LogP contribution in [-0.2, 0) is 22.6 Å². The van der Waals surface area contributed by atoms with E-state index in [4.69, 9.17) is 9.47 Å². The Hall–Kier alpha value is -4.80. The minimum atomic E-state index is -0.960. The molecule has 3 atom stereocenters. The number of aliphatic hydroxyl groups is 1. The fourth-order valence-electron chi connectivity index (χ4n) is 5.53. The van der Waals surface area contributed by atoms with Crippen LogP contribution in [0.2, 0.25) is 0 Å². The van der Waals surface area contributed by atoms with E-state index in [0.29, 0.717) is 29.2 Å². The molecule has 1 aromatic heterocycles. The Labute approximate surface area is 277 Å². The van der Waals surface area contributed by atoms with Crippen molar-refractivity contribution in [2.24, 2.45) is 0 Å². The number of rotatable bonds is 11. The number of nitrogens with zero attached hydrogens (tertiary/aromatic N) is 1. The number of carbonyl (C=O) groups is 2. The summed E-state index contributed by atoms with van der Waals surface area (Å²) < 4.78 is 13.0. The Balaban J connectivity index is 1.20. The zero-order valence-corrected chi connectivity index (χ0v) is 26.3. The summed E-state index contributed by atoms with van der Waals surface area (Å²) in [6.07, 6.45) is 2.65. The molecule has 0 spiro atoms. The molecule has 3 N–H and O–H groups in total. The molecule has 2 heterocycles. The molecule has 1 fully saturated rings. The van der Waals surface area contributed by atoms with Gasteiger partial charge in [0.1, 0.15) is 0 Å². The first-order chi connectivity index (χ1) is 23.0. The van der Waals surface area contributed by atoms with Crippen molar-refractivity contribution in [3.8, 4) is 11.1 Å². The average Bonchev–Trinajstić information content (AvgIpc) is 3.13. The van der Waals surface area contributed by atoms with Crippen LogP contribution in [0, 0.1) is 0 Å². The van der Waals surface area contributed by atoms with Crippen LogP contribution in [-0.4, -0.2) is 38.9 Å². The van der Waals surface area contributed by atoms with Gasteiger partial charge in [-0.05, 0) is 52.1 Å². The van der Waals surface area contributed by atoms with E-state index in [1.165, 1.54) is 11.8 Å². The van der Waals surface area contributed by atoms with Crippen LogP contribution in [0.1, 0.15) is 61.8 Å². The predicted octanol–water partition coefficient (Wildman–Crippen LogP) is 7.21. The minimum absolute atomic E-state index is 0.0356. The third-order valence-electron chi connectivity index (χ3n) is 8.03. The lowest BCUT2D eigenvalue weighted by Crippen LogP contribution is -2.31. The first kappa shape index (κ1) is 32.2. The Bertz CT molecular complexity index is 1820. The zero-order chi connectivity index (χ0) is 32.6. The monoisotopic (exact) mass is 646 g/mol. The van der Waals surface area contributed by atoms with E-state index in [1.54, 1.807) is 36.7 Å². The lowest BCUT2D eigenvalue weighted by molar-refractivity contribution is -0.245. The number of hydrogen-bond acceptors (Lipinski definition) is 7. The van der Waals surface area contributed by atoms with Crippen LogP contribution >= 0.6 is 11.8 Å². The van der Waals surface area contributed by atoms with Gasteiger partial charge >= 0.3 is 5.97 Å². The minimum Gasteiger partial charge on any atom is -0.478 e. The lowest BCUT2D eigenvalue weighted by Gasteiger charge is -2.36. The predicted molar refractivity (Wildman–Crippen MR) is 180 cm³/mol. The number of pyridine rings is 1. The molecule has 1 amide bonds. The summed E-state index contributed by atoms with van der Waals surface area (Å²) in [7, 11) is 0. The van der Waals surface area contributed by atoms with Crippen LogP contribution < -0.4 is 5.32 Å². The summed E-state index contributed by atoms with van der Waals surface area (Å²) in [5, 5.41) is 22.2. The highest BCUT2D eigenvalue weighted by Gasteiger charge is 2.32. The Kier molecular flexibility index (Phi) is 10.4. The SMILES string of the molecule is O=C(NCc1ccccc1-c1ccc(C2OC(CSc3ccccc3C(=O)O)CC(c3ccc(CO)cc3)O2)cc1)c1cccnc1. The van der Waals surface area contributed by atoms with E-state index in [0.717, 1.165) is 33.4 Å². The quantitative estimate of drug-likeness (QED) is 0.129. The fourth-order valence-corrected chi connectivity index (χ4v) is 6.59. The Morgan fingerprint density at radius 3 is 2.34 bits per heavy atom. The van der Waals surface area contributed by atoms with E-state index in [-0.39, 0.29) is 30.3 Å². The zero-order valence-electron chi connectivity index (χ0n) is 25.5. The van der Waals surface area contributed by atoms with E-state index < -0.39 is 12.3 Å². The summed E-state index contributed by atoms with van der Waals surface area (Å²) in [6.45, 7) is 0.327. The second-order valence-electron chi connectivity index (χ2n) is 11.2. The third kappa shape index (κ3) is 7.96. The molecule has 0 bridgehead atoms. The summed E-state index contributed by atoms with van der Waals surface area (Å²) >= 11 is 1.46. The number of carbonyl (C=O) groups excluding carboxylic acids is 1. The van der Waals surface area contributed by atoms with Crippen molar-refractivity contribution in [2.75, 3.05) is 5.75 Å². The maximum atomic E-state index is 12.6. The van der Waals surface area contributed by atoms with Crippen LogP contribution in [0.4, 0.5) is 0 Å². The molecule has 3 unspecified atom stereocenters. The number of hydrogen-bond donors (Lipinski definition) is 3. The first-order valence-electron chi connectivity index (χ1n) is 15.3. The van der Waals surface area contributed by atoms with Crippen molar-refractivity contribution in [3.05, 3.63) is 155 Å². The molecule has 238 valence electrons. The van der Waals surface area contributed by atoms with Gasteiger partial charge < -0.3 is 25.0 Å². The highest BCUT2D eigenvalue weighted by atomic mass is 32.2. The Morgan fingerprint density at radius 1 is 0.851 bits per heavy atom. The second-order valence-corrected chi connectivity index (χ2v) is 12.2. The van der Waals surface area contributed by atoms with Gasteiger partial charge in [-0.15, -0.1) is 11.8 Å². The Morgan fingerprint density at radius 2 is 1.60 bits per heavy atom. The van der Waals surface area contributed by atoms with Crippen LogP contribution in [0.15, 0.2) is 126 Å². The largest absolute Gasteiger partial charge is 0.478 e. The van der Waals surface area contributed by atoms with Gasteiger partial charge in [-0.1, -0.05) is 84.9 Å². The molecule has 1 aliphatic rings. The number of aliphatic hydroxyl groups excluding tert-OH is 1. The normalized spacial score (nSPS) is 17.6. The summed E-state index contributed by atoms with van der Waals surface area (Å²) in [6, 6.07) is 34.2. The maximum Gasteiger partial charge on any atom is 0.336 e. The molecule has 0 aliphatic carbocycles.